The van der Waals surface area contributed by atoms with Gasteiger partial charge in [-0.1, -0.05) is 29.8 Å². The lowest BCUT2D eigenvalue weighted by Crippen LogP contribution is -2.11. The third kappa shape index (κ3) is 4.84. The van der Waals surface area contributed by atoms with Crippen molar-refractivity contribution in [3.05, 3.63) is 75.8 Å². The summed E-state index contributed by atoms with van der Waals surface area (Å²) >= 11 is 7.64. The molecule has 134 valence electrons. The Kier molecular flexibility index (Phi) is 5.91. The average Bonchev–Trinajstić information content (AvgIpc) is 3.04. The summed E-state index contributed by atoms with van der Waals surface area (Å²) in [4.78, 5) is 17.7. The molecule has 0 saturated carbocycles. The van der Waals surface area contributed by atoms with Crippen LogP contribution in [0.25, 0.3) is 0 Å². The van der Waals surface area contributed by atoms with Gasteiger partial charge in [-0.15, -0.1) is 11.3 Å². The summed E-state index contributed by atoms with van der Waals surface area (Å²) in [5.74, 6) is 0.549. The number of nitrogens with zero attached hydrogens (tertiary/aromatic N) is 1. The first-order valence-electron chi connectivity index (χ1n) is 8.27. The number of carbonyl (C=O) groups is 1. The van der Waals surface area contributed by atoms with E-state index in [2.05, 4.69) is 10.3 Å². The highest BCUT2D eigenvalue weighted by Crippen LogP contribution is 2.25. The standard InChI is InChI=1S/C20H19ClN2O2S/c1-13(2)25-16-9-7-14(8-10-16)19(24)23-20-22-12-17(26-20)11-15-5-3-4-6-18(15)21/h3-10,12-13H,11H2,1-2H3,(H,22,23,24). The van der Waals surface area contributed by atoms with Crippen LogP contribution in [0.5, 0.6) is 5.75 Å². The lowest BCUT2D eigenvalue weighted by Gasteiger charge is -2.09. The summed E-state index contributed by atoms with van der Waals surface area (Å²) in [5, 5.41) is 4.13. The molecule has 0 aliphatic rings. The minimum absolute atomic E-state index is 0.0986. The molecule has 2 aromatic carbocycles. The van der Waals surface area contributed by atoms with Crippen LogP contribution in [0, 0.1) is 0 Å². The fourth-order valence-corrected chi connectivity index (χ4v) is 3.44. The summed E-state index contributed by atoms with van der Waals surface area (Å²) in [6.07, 6.45) is 2.55. The Morgan fingerprint density at radius 1 is 1.19 bits per heavy atom. The molecule has 0 saturated heterocycles. The zero-order chi connectivity index (χ0) is 18.5. The molecule has 4 nitrogen and oxygen atoms in total. The van der Waals surface area contributed by atoms with Crippen molar-refractivity contribution in [2.75, 3.05) is 5.32 Å². The maximum Gasteiger partial charge on any atom is 0.257 e. The number of nitrogens with one attached hydrogen (secondary N) is 1. The van der Waals surface area contributed by atoms with E-state index < -0.39 is 0 Å². The number of hydrogen-bond donors (Lipinski definition) is 1. The van der Waals surface area contributed by atoms with Gasteiger partial charge < -0.3 is 4.74 Å². The maximum absolute atomic E-state index is 12.4. The SMILES string of the molecule is CC(C)Oc1ccc(C(=O)Nc2ncc(Cc3ccccc3Cl)s2)cc1. The van der Waals surface area contributed by atoms with E-state index in [0.29, 0.717) is 17.1 Å². The molecule has 0 unspecified atom stereocenters. The van der Waals surface area contributed by atoms with E-state index in [1.807, 2.05) is 38.1 Å². The average molecular weight is 387 g/mol. The number of benzene rings is 2. The van der Waals surface area contributed by atoms with E-state index in [9.17, 15) is 4.79 Å². The van der Waals surface area contributed by atoms with Crippen LogP contribution < -0.4 is 10.1 Å². The van der Waals surface area contributed by atoms with Crippen molar-refractivity contribution in [1.82, 2.24) is 4.98 Å². The lowest BCUT2D eigenvalue weighted by atomic mass is 10.1. The topological polar surface area (TPSA) is 51.2 Å². The van der Waals surface area contributed by atoms with Gasteiger partial charge in [0.2, 0.25) is 0 Å². The van der Waals surface area contributed by atoms with Crippen molar-refractivity contribution in [1.29, 1.82) is 0 Å². The van der Waals surface area contributed by atoms with E-state index in [-0.39, 0.29) is 12.0 Å². The first-order chi connectivity index (χ1) is 12.5. The molecule has 1 amide bonds. The zero-order valence-corrected chi connectivity index (χ0v) is 16.1. The van der Waals surface area contributed by atoms with Crippen molar-refractivity contribution >= 4 is 34.0 Å². The van der Waals surface area contributed by atoms with Crippen molar-refractivity contribution < 1.29 is 9.53 Å². The zero-order valence-electron chi connectivity index (χ0n) is 14.5. The lowest BCUT2D eigenvalue weighted by molar-refractivity contribution is 0.102. The van der Waals surface area contributed by atoms with E-state index >= 15 is 0 Å². The van der Waals surface area contributed by atoms with Gasteiger partial charge in [0.05, 0.1) is 6.10 Å². The normalized spacial score (nSPS) is 10.8. The molecular formula is C20H19ClN2O2S. The number of carbonyl (C=O) groups excluding carboxylic acids is 1. The molecule has 0 bridgehead atoms. The monoisotopic (exact) mass is 386 g/mol. The summed E-state index contributed by atoms with van der Waals surface area (Å²) in [6.45, 7) is 3.92. The van der Waals surface area contributed by atoms with Crippen LogP contribution in [0.1, 0.15) is 34.6 Å². The molecule has 0 aliphatic carbocycles. The highest BCUT2D eigenvalue weighted by Gasteiger charge is 2.11. The predicted octanol–water partition coefficient (Wildman–Crippen LogP) is 5.43. The Labute approximate surface area is 161 Å². The number of rotatable bonds is 6. The second-order valence-corrected chi connectivity index (χ2v) is 7.57. The van der Waals surface area contributed by atoms with Crippen LogP contribution in [-0.2, 0) is 6.42 Å². The number of halogens is 1. The molecule has 3 aromatic rings. The third-order valence-electron chi connectivity index (χ3n) is 3.58. The molecule has 6 heteroatoms. The minimum Gasteiger partial charge on any atom is -0.491 e. The Morgan fingerprint density at radius 2 is 1.92 bits per heavy atom. The molecule has 0 radical (unpaired) electrons. The van der Waals surface area contributed by atoms with Crippen LogP contribution in [0.2, 0.25) is 5.02 Å². The van der Waals surface area contributed by atoms with Crippen LogP contribution in [-0.4, -0.2) is 17.0 Å². The molecule has 1 aromatic heterocycles. The molecule has 0 atom stereocenters. The van der Waals surface area contributed by atoms with Crippen molar-refractivity contribution in [3.63, 3.8) is 0 Å². The van der Waals surface area contributed by atoms with Crippen molar-refractivity contribution in [2.45, 2.75) is 26.4 Å². The van der Waals surface area contributed by atoms with Gasteiger partial charge in [0.1, 0.15) is 5.75 Å². The second-order valence-electron chi connectivity index (χ2n) is 6.05. The Morgan fingerprint density at radius 3 is 2.62 bits per heavy atom. The number of thiazole rings is 1. The van der Waals surface area contributed by atoms with Crippen LogP contribution >= 0.6 is 22.9 Å². The number of hydrogen-bond acceptors (Lipinski definition) is 4. The fourth-order valence-electron chi connectivity index (χ4n) is 2.40. The van der Waals surface area contributed by atoms with Gasteiger partial charge in [0.25, 0.3) is 5.91 Å². The summed E-state index contributed by atoms with van der Waals surface area (Å²) < 4.78 is 5.58. The summed E-state index contributed by atoms with van der Waals surface area (Å²) in [7, 11) is 0. The summed E-state index contributed by atoms with van der Waals surface area (Å²) in [5.41, 5.74) is 1.60. The molecule has 1 N–H and O–H groups in total. The highest BCUT2D eigenvalue weighted by atomic mass is 35.5. The fraction of sp³-hybridized carbons (Fsp3) is 0.200. The van der Waals surface area contributed by atoms with Crippen LogP contribution in [0.3, 0.4) is 0 Å². The predicted molar refractivity (Wildman–Crippen MR) is 107 cm³/mol. The largest absolute Gasteiger partial charge is 0.491 e. The van der Waals surface area contributed by atoms with Gasteiger partial charge in [-0.3, -0.25) is 10.1 Å². The Bertz CT molecular complexity index is 891. The summed E-state index contributed by atoms with van der Waals surface area (Å²) in [6, 6.07) is 14.8. The van der Waals surface area contributed by atoms with Crippen molar-refractivity contribution in [3.8, 4) is 5.75 Å². The van der Waals surface area contributed by atoms with E-state index in [0.717, 1.165) is 21.2 Å². The van der Waals surface area contributed by atoms with Gasteiger partial charge in [0.15, 0.2) is 5.13 Å². The molecular weight excluding hydrogens is 368 g/mol. The first-order valence-corrected chi connectivity index (χ1v) is 9.47. The second kappa shape index (κ2) is 8.34. The van der Waals surface area contributed by atoms with E-state index in [1.165, 1.54) is 11.3 Å². The van der Waals surface area contributed by atoms with Gasteiger partial charge in [-0.05, 0) is 49.7 Å². The van der Waals surface area contributed by atoms with Gasteiger partial charge in [0, 0.05) is 28.1 Å². The van der Waals surface area contributed by atoms with Crippen molar-refractivity contribution in [2.24, 2.45) is 0 Å². The first kappa shape index (κ1) is 18.4. The van der Waals surface area contributed by atoms with Crippen LogP contribution in [0.4, 0.5) is 5.13 Å². The number of anilines is 1. The van der Waals surface area contributed by atoms with E-state index in [4.69, 9.17) is 16.3 Å². The minimum atomic E-state index is -0.195. The quantitative estimate of drug-likeness (QED) is 0.614. The molecule has 0 fully saturated rings. The van der Waals surface area contributed by atoms with Crippen LogP contribution in [0.15, 0.2) is 54.7 Å². The number of ether oxygens (including phenoxy) is 1. The van der Waals surface area contributed by atoms with Gasteiger partial charge >= 0.3 is 0 Å². The smallest absolute Gasteiger partial charge is 0.257 e. The highest BCUT2D eigenvalue weighted by molar-refractivity contribution is 7.15. The maximum atomic E-state index is 12.4. The van der Waals surface area contributed by atoms with Gasteiger partial charge in [-0.2, -0.15) is 0 Å². The van der Waals surface area contributed by atoms with E-state index in [1.54, 1.807) is 30.5 Å². The number of amides is 1. The Balaban J connectivity index is 1.63. The molecule has 1 heterocycles. The molecule has 0 aliphatic heterocycles. The number of aromatic nitrogens is 1. The van der Waals surface area contributed by atoms with Gasteiger partial charge in [-0.25, -0.2) is 4.98 Å². The molecule has 0 spiro atoms. The molecule has 3 rings (SSSR count). The molecule has 26 heavy (non-hydrogen) atoms. The third-order valence-corrected chi connectivity index (χ3v) is 4.87. The Hall–Kier alpha value is -2.37.